The Morgan fingerprint density at radius 2 is 1.83 bits per heavy atom. The molecule has 0 saturated carbocycles. The molecule has 1 unspecified atom stereocenters. The van der Waals surface area contributed by atoms with Crippen molar-refractivity contribution in [1.82, 2.24) is 19.9 Å². The van der Waals surface area contributed by atoms with E-state index in [0.717, 1.165) is 18.3 Å². The standard InChI is InChI=1S/C32H41F4N7O3Si/c1-21-20-43(9-8-41(21)2)28-18-25(33)22(26-6-7-37-31(40-26)42-10-12-45-13-11-42)16-27(28)39-30(44)23-19-38-29(17-24(23)32(34,35)36)46-14-15-47(3,4)5/h6-7,16-19,21H,8-15,20H2,1-5H3,(H,39,44). The molecule has 2 aliphatic heterocycles. The lowest BCUT2D eigenvalue weighted by atomic mass is 10.1. The zero-order valence-electron chi connectivity index (χ0n) is 27.3. The summed E-state index contributed by atoms with van der Waals surface area (Å²) < 4.78 is 69.7. The zero-order valence-corrected chi connectivity index (χ0v) is 28.3. The topological polar surface area (TPSA) is 96.0 Å². The van der Waals surface area contributed by atoms with Gasteiger partial charge in [0.15, 0.2) is 0 Å². The van der Waals surface area contributed by atoms with Gasteiger partial charge in [-0.15, -0.1) is 0 Å². The van der Waals surface area contributed by atoms with Crippen LogP contribution in [0.5, 0.6) is 5.88 Å². The predicted molar refractivity (Wildman–Crippen MR) is 176 cm³/mol. The van der Waals surface area contributed by atoms with Crippen molar-refractivity contribution >= 4 is 31.3 Å². The molecule has 1 aromatic carbocycles. The molecule has 0 spiro atoms. The van der Waals surface area contributed by atoms with Gasteiger partial charge in [0.25, 0.3) is 5.91 Å². The number of halogens is 4. The number of piperazine rings is 1. The first kappa shape index (κ1) is 34.5. The third kappa shape index (κ3) is 8.56. The Hall–Kier alpha value is -3.82. The maximum atomic E-state index is 15.9. The zero-order chi connectivity index (χ0) is 33.9. The number of pyridine rings is 1. The number of nitrogens with one attached hydrogen (secondary N) is 1. The number of ether oxygens (including phenoxy) is 2. The Balaban J connectivity index is 1.51. The van der Waals surface area contributed by atoms with Gasteiger partial charge in [0, 0.05) is 70.9 Å². The molecule has 1 N–H and O–H groups in total. The minimum Gasteiger partial charge on any atom is -0.478 e. The van der Waals surface area contributed by atoms with Gasteiger partial charge in [-0.05, 0) is 38.2 Å². The van der Waals surface area contributed by atoms with Gasteiger partial charge in [0.2, 0.25) is 11.8 Å². The number of alkyl halides is 3. The Morgan fingerprint density at radius 3 is 2.51 bits per heavy atom. The monoisotopic (exact) mass is 675 g/mol. The van der Waals surface area contributed by atoms with E-state index in [1.807, 2.05) is 23.8 Å². The highest BCUT2D eigenvalue weighted by molar-refractivity contribution is 6.76. The van der Waals surface area contributed by atoms with E-state index in [2.05, 4.69) is 44.8 Å². The van der Waals surface area contributed by atoms with Crippen LogP contribution in [0.2, 0.25) is 25.7 Å². The minimum atomic E-state index is -4.85. The van der Waals surface area contributed by atoms with E-state index < -0.39 is 37.1 Å². The van der Waals surface area contributed by atoms with Crippen molar-refractivity contribution in [2.75, 3.05) is 74.7 Å². The number of nitrogens with zero attached hydrogens (tertiary/aromatic N) is 6. The fraction of sp³-hybridized carbons (Fsp3) is 0.500. The quantitative estimate of drug-likeness (QED) is 0.228. The van der Waals surface area contributed by atoms with Gasteiger partial charge in [-0.25, -0.2) is 19.3 Å². The third-order valence-electron chi connectivity index (χ3n) is 8.38. The molecule has 10 nitrogen and oxygen atoms in total. The highest BCUT2D eigenvalue weighted by Gasteiger charge is 2.37. The van der Waals surface area contributed by atoms with E-state index in [9.17, 15) is 18.0 Å². The SMILES string of the molecule is CC1CN(c2cc(F)c(-c3ccnc(N4CCOCC4)n3)cc2NC(=O)c2cnc(OCC[Si](C)(C)C)cc2C(F)(F)F)CCN1C. The number of aromatic nitrogens is 3. The van der Waals surface area contributed by atoms with Crippen molar-refractivity contribution in [3.63, 3.8) is 0 Å². The number of carbonyl (C=O) groups is 1. The molecular weight excluding hydrogens is 634 g/mol. The number of benzene rings is 1. The number of hydrogen-bond acceptors (Lipinski definition) is 9. The molecule has 1 amide bonds. The van der Waals surface area contributed by atoms with Gasteiger partial charge < -0.3 is 29.5 Å². The van der Waals surface area contributed by atoms with Gasteiger partial charge in [-0.3, -0.25) is 4.79 Å². The van der Waals surface area contributed by atoms with E-state index in [-0.39, 0.29) is 35.5 Å². The lowest BCUT2D eigenvalue weighted by Crippen LogP contribution is -2.50. The second kappa shape index (κ2) is 14.1. The van der Waals surface area contributed by atoms with Gasteiger partial charge in [0.05, 0.1) is 48.0 Å². The number of likely N-dealkylation sites (N-methyl/N-ethyl adjacent to an activating group) is 1. The van der Waals surface area contributed by atoms with Crippen molar-refractivity contribution in [1.29, 1.82) is 0 Å². The summed E-state index contributed by atoms with van der Waals surface area (Å²) in [4.78, 5) is 32.6. The van der Waals surface area contributed by atoms with Crippen molar-refractivity contribution in [3.8, 4) is 17.1 Å². The number of hydrogen-bond donors (Lipinski definition) is 1. The highest BCUT2D eigenvalue weighted by atomic mass is 28.3. The molecule has 5 rings (SSSR count). The number of amides is 1. The maximum Gasteiger partial charge on any atom is 0.417 e. The van der Waals surface area contributed by atoms with Crippen LogP contribution in [-0.2, 0) is 10.9 Å². The van der Waals surface area contributed by atoms with Crippen molar-refractivity contribution in [2.45, 2.75) is 44.8 Å². The first-order valence-electron chi connectivity index (χ1n) is 15.7. The highest BCUT2D eigenvalue weighted by Crippen LogP contribution is 2.37. The van der Waals surface area contributed by atoms with E-state index in [1.54, 1.807) is 6.07 Å². The molecule has 2 saturated heterocycles. The van der Waals surface area contributed by atoms with Gasteiger partial charge in [-0.2, -0.15) is 13.2 Å². The summed E-state index contributed by atoms with van der Waals surface area (Å²) in [5.74, 6) is -1.42. The molecule has 2 aliphatic rings. The van der Waals surface area contributed by atoms with Crippen LogP contribution in [-0.4, -0.2) is 99.5 Å². The van der Waals surface area contributed by atoms with Crippen molar-refractivity contribution in [3.05, 3.63) is 53.6 Å². The van der Waals surface area contributed by atoms with Crippen LogP contribution in [0.3, 0.4) is 0 Å². The summed E-state index contributed by atoms with van der Waals surface area (Å²) in [6.45, 7) is 12.5. The molecule has 0 bridgehead atoms. The molecule has 15 heteroatoms. The van der Waals surface area contributed by atoms with Crippen LogP contribution >= 0.6 is 0 Å². The van der Waals surface area contributed by atoms with E-state index in [4.69, 9.17) is 9.47 Å². The van der Waals surface area contributed by atoms with Gasteiger partial charge in [-0.1, -0.05) is 19.6 Å². The normalized spacial score (nSPS) is 17.9. The molecule has 254 valence electrons. The Morgan fingerprint density at radius 1 is 1.09 bits per heavy atom. The molecule has 0 aliphatic carbocycles. The predicted octanol–water partition coefficient (Wildman–Crippen LogP) is 5.64. The number of rotatable bonds is 9. The summed E-state index contributed by atoms with van der Waals surface area (Å²) in [6.07, 6.45) is -2.45. The fourth-order valence-electron chi connectivity index (χ4n) is 5.38. The number of morpholine rings is 1. The minimum absolute atomic E-state index is 0.0726. The van der Waals surface area contributed by atoms with E-state index in [1.165, 1.54) is 18.3 Å². The Labute approximate surface area is 273 Å². The third-order valence-corrected chi connectivity index (χ3v) is 10.1. The summed E-state index contributed by atoms with van der Waals surface area (Å²) in [6, 6.07) is 5.88. The van der Waals surface area contributed by atoms with Crippen LogP contribution in [0.25, 0.3) is 11.3 Å². The van der Waals surface area contributed by atoms with Crippen LogP contribution in [0, 0.1) is 5.82 Å². The molecule has 2 aromatic heterocycles. The Bertz CT molecular complexity index is 1580. The smallest absolute Gasteiger partial charge is 0.417 e. The summed E-state index contributed by atoms with van der Waals surface area (Å²) >= 11 is 0. The van der Waals surface area contributed by atoms with Crippen LogP contribution < -0.4 is 19.9 Å². The number of carbonyl (C=O) groups excluding carboxylic acids is 1. The van der Waals surface area contributed by atoms with E-state index in [0.29, 0.717) is 57.6 Å². The van der Waals surface area contributed by atoms with Crippen LogP contribution in [0.15, 0.2) is 36.7 Å². The first-order chi connectivity index (χ1) is 22.2. The maximum absolute atomic E-state index is 15.9. The summed E-state index contributed by atoms with van der Waals surface area (Å²) in [5.41, 5.74) is -0.992. The lowest BCUT2D eigenvalue weighted by Gasteiger charge is -2.39. The molecule has 3 aromatic rings. The second-order valence-electron chi connectivity index (χ2n) is 13.1. The Kier molecular flexibility index (Phi) is 10.4. The molecule has 47 heavy (non-hydrogen) atoms. The van der Waals surface area contributed by atoms with Crippen molar-refractivity contribution < 1.29 is 31.8 Å². The largest absolute Gasteiger partial charge is 0.478 e. The fourth-order valence-corrected chi connectivity index (χ4v) is 6.10. The first-order valence-corrected chi connectivity index (χ1v) is 19.4. The average molecular weight is 676 g/mol. The average Bonchev–Trinajstić information content (AvgIpc) is 3.02. The van der Waals surface area contributed by atoms with E-state index >= 15 is 4.39 Å². The number of anilines is 3. The molecule has 0 radical (unpaired) electrons. The van der Waals surface area contributed by atoms with Gasteiger partial charge in [0.1, 0.15) is 5.82 Å². The summed E-state index contributed by atoms with van der Waals surface area (Å²) in [7, 11) is 0.491. The van der Waals surface area contributed by atoms with Crippen molar-refractivity contribution in [2.24, 2.45) is 0 Å². The molecule has 2 fully saturated rings. The summed E-state index contributed by atoms with van der Waals surface area (Å²) in [5, 5.41) is 2.65. The lowest BCUT2D eigenvalue weighted by molar-refractivity contribution is -0.138. The molecular formula is C32H41F4N7O3Si. The second-order valence-corrected chi connectivity index (χ2v) is 18.8. The van der Waals surface area contributed by atoms with Gasteiger partial charge >= 0.3 is 6.18 Å². The molecule has 1 atom stereocenters. The molecule has 4 heterocycles. The van der Waals surface area contributed by atoms with Crippen LogP contribution in [0.4, 0.5) is 34.9 Å². The van der Waals surface area contributed by atoms with Crippen LogP contribution in [0.1, 0.15) is 22.8 Å².